The minimum atomic E-state index is 0.807. The lowest BCUT2D eigenvalue weighted by atomic mass is 9.79. The van der Waals surface area contributed by atoms with E-state index in [0.717, 1.165) is 18.4 Å². The van der Waals surface area contributed by atoms with Crippen LogP contribution >= 0.6 is 11.3 Å². The Morgan fingerprint density at radius 2 is 2.09 bits per heavy atom. The van der Waals surface area contributed by atoms with E-state index in [1.54, 1.807) is 11.1 Å². The summed E-state index contributed by atoms with van der Waals surface area (Å²) < 4.78 is 1.51. The van der Waals surface area contributed by atoms with Crippen molar-refractivity contribution < 1.29 is 0 Å². The number of hydrogen-bond donors (Lipinski definition) is 0. The quantitative estimate of drug-likeness (QED) is 0.739. The molecule has 0 amide bonds. The molecule has 2 aromatic rings. The van der Waals surface area contributed by atoms with Crippen LogP contribution in [0.3, 0.4) is 0 Å². The number of hydrogen-bond acceptors (Lipinski definition) is 2. The predicted molar refractivity (Wildman–Crippen MR) is 97.5 cm³/mol. The van der Waals surface area contributed by atoms with E-state index in [9.17, 15) is 0 Å². The van der Waals surface area contributed by atoms with Crippen LogP contribution in [0, 0.1) is 18.8 Å². The first-order chi connectivity index (χ1) is 10.6. The number of likely N-dealkylation sites (N-methyl/N-ethyl adjacent to an activating group) is 1. The molecule has 1 aromatic carbocycles. The van der Waals surface area contributed by atoms with Crippen molar-refractivity contribution in [3.63, 3.8) is 0 Å². The highest BCUT2D eigenvalue weighted by Crippen LogP contribution is 2.50. The van der Waals surface area contributed by atoms with E-state index in [-0.39, 0.29) is 0 Å². The number of fused-ring (bicyclic) bond motifs is 3. The lowest BCUT2D eigenvalue weighted by molar-refractivity contribution is 0.413. The molecule has 1 fully saturated rings. The van der Waals surface area contributed by atoms with Gasteiger partial charge in [-0.3, -0.25) is 0 Å². The monoisotopic (exact) mass is 311 g/mol. The molecule has 0 saturated heterocycles. The van der Waals surface area contributed by atoms with Crippen molar-refractivity contribution in [3.05, 3.63) is 40.3 Å². The maximum Gasteiger partial charge on any atom is 0.0420 e. The molecule has 1 nitrogen and oxygen atoms in total. The normalized spacial score (nSPS) is 24.7. The minimum Gasteiger partial charge on any atom is -0.305 e. The second-order valence-electron chi connectivity index (χ2n) is 7.44. The minimum absolute atomic E-state index is 0.807. The predicted octanol–water partition coefficient (Wildman–Crippen LogP) is 5.34. The van der Waals surface area contributed by atoms with Gasteiger partial charge in [-0.25, -0.2) is 0 Å². The van der Waals surface area contributed by atoms with Gasteiger partial charge < -0.3 is 4.90 Å². The van der Waals surface area contributed by atoms with Crippen LogP contribution in [0.25, 0.3) is 15.7 Å². The fourth-order valence-electron chi connectivity index (χ4n) is 4.61. The van der Waals surface area contributed by atoms with E-state index in [0.29, 0.717) is 0 Å². The van der Waals surface area contributed by atoms with Crippen LogP contribution in [0.5, 0.6) is 0 Å². The van der Waals surface area contributed by atoms with Gasteiger partial charge in [-0.05, 0) is 86.0 Å². The van der Waals surface area contributed by atoms with Crippen LogP contribution in [0.4, 0.5) is 0 Å². The Balaban J connectivity index is 1.90. The summed E-state index contributed by atoms with van der Waals surface area (Å²) in [5.74, 6) is 1.76. The van der Waals surface area contributed by atoms with E-state index in [1.807, 2.05) is 11.3 Å². The van der Waals surface area contributed by atoms with Crippen molar-refractivity contribution in [1.29, 1.82) is 0 Å². The van der Waals surface area contributed by atoms with Gasteiger partial charge in [0.25, 0.3) is 0 Å². The molecule has 0 N–H and O–H groups in total. The summed E-state index contributed by atoms with van der Waals surface area (Å²) >= 11 is 1.93. The molecule has 22 heavy (non-hydrogen) atoms. The number of nitrogens with zero attached hydrogens (tertiary/aromatic N) is 1. The van der Waals surface area contributed by atoms with Crippen LogP contribution in [0.1, 0.15) is 36.8 Å². The molecular formula is C20H25NS. The Labute approximate surface area is 137 Å². The standard InChI is InChI=1S/C20H25NS/c1-13-12-22-20-17(13)5-4-6-18(20)19-15-8-7-14(9-15)10-16(19)11-21(2)3/h4-6,12,14-15H,7-11H2,1-3H3/t14-,15-/m0/s1. The number of rotatable bonds is 3. The van der Waals surface area contributed by atoms with Gasteiger partial charge in [0, 0.05) is 11.2 Å². The van der Waals surface area contributed by atoms with Gasteiger partial charge in [0.1, 0.15) is 0 Å². The molecule has 2 aliphatic rings. The smallest absolute Gasteiger partial charge is 0.0420 e. The molecule has 2 atom stereocenters. The number of aryl methyl sites for hydroxylation is 1. The fourth-order valence-corrected chi connectivity index (χ4v) is 5.69. The van der Waals surface area contributed by atoms with Crippen LogP contribution in [-0.4, -0.2) is 25.5 Å². The third-order valence-electron chi connectivity index (χ3n) is 5.46. The van der Waals surface area contributed by atoms with E-state index < -0.39 is 0 Å². The lowest BCUT2D eigenvalue weighted by Crippen LogP contribution is -2.21. The summed E-state index contributed by atoms with van der Waals surface area (Å²) in [5.41, 5.74) is 6.38. The highest BCUT2D eigenvalue weighted by Gasteiger charge is 2.35. The van der Waals surface area contributed by atoms with Gasteiger partial charge in [0.2, 0.25) is 0 Å². The molecule has 2 heteroatoms. The Kier molecular flexibility index (Phi) is 3.62. The highest BCUT2D eigenvalue weighted by molar-refractivity contribution is 7.17. The zero-order valence-electron chi connectivity index (χ0n) is 13.9. The Morgan fingerprint density at radius 3 is 2.91 bits per heavy atom. The first kappa shape index (κ1) is 14.5. The van der Waals surface area contributed by atoms with Crippen molar-refractivity contribution in [2.75, 3.05) is 20.6 Å². The molecule has 0 unspecified atom stereocenters. The van der Waals surface area contributed by atoms with Crippen molar-refractivity contribution in [3.8, 4) is 0 Å². The molecule has 4 rings (SSSR count). The number of benzene rings is 1. The van der Waals surface area contributed by atoms with Gasteiger partial charge in [-0.1, -0.05) is 23.8 Å². The summed E-state index contributed by atoms with van der Waals surface area (Å²) in [4.78, 5) is 2.35. The van der Waals surface area contributed by atoms with Gasteiger partial charge in [-0.15, -0.1) is 11.3 Å². The van der Waals surface area contributed by atoms with Crippen LogP contribution in [-0.2, 0) is 0 Å². The van der Waals surface area contributed by atoms with Gasteiger partial charge in [0.15, 0.2) is 0 Å². The maximum absolute atomic E-state index is 2.38. The van der Waals surface area contributed by atoms with Crippen LogP contribution in [0.15, 0.2) is 29.2 Å². The molecule has 116 valence electrons. The van der Waals surface area contributed by atoms with E-state index >= 15 is 0 Å². The summed E-state index contributed by atoms with van der Waals surface area (Å²) in [6, 6.07) is 6.93. The van der Waals surface area contributed by atoms with Gasteiger partial charge in [-0.2, -0.15) is 0 Å². The Morgan fingerprint density at radius 1 is 1.23 bits per heavy atom. The number of allylic oxidation sites excluding steroid dienone is 1. The summed E-state index contributed by atoms with van der Waals surface area (Å²) in [6.45, 7) is 3.37. The zero-order chi connectivity index (χ0) is 15.3. The Hall–Kier alpha value is -1.12. The zero-order valence-corrected chi connectivity index (χ0v) is 14.7. The Bertz CT molecular complexity index is 737. The van der Waals surface area contributed by atoms with Crippen molar-refractivity contribution in [2.45, 2.75) is 32.6 Å². The molecule has 1 heterocycles. The van der Waals surface area contributed by atoms with Crippen LogP contribution in [0.2, 0.25) is 0 Å². The average Bonchev–Trinajstić information content (AvgIpc) is 3.04. The second kappa shape index (κ2) is 5.50. The topological polar surface area (TPSA) is 3.24 Å². The highest BCUT2D eigenvalue weighted by atomic mass is 32.1. The largest absolute Gasteiger partial charge is 0.305 e. The van der Waals surface area contributed by atoms with E-state index in [4.69, 9.17) is 0 Å². The second-order valence-corrected chi connectivity index (χ2v) is 8.32. The summed E-state index contributed by atoms with van der Waals surface area (Å²) in [6.07, 6.45) is 5.58. The molecule has 2 aliphatic carbocycles. The third kappa shape index (κ3) is 2.33. The molecule has 2 bridgehead atoms. The van der Waals surface area contributed by atoms with Gasteiger partial charge in [0.05, 0.1) is 0 Å². The number of thiophene rings is 1. The van der Waals surface area contributed by atoms with Crippen LogP contribution < -0.4 is 0 Å². The molecule has 0 spiro atoms. The first-order valence-electron chi connectivity index (χ1n) is 8.47. The maximum atomic E-state index is 2.38. The lowest BCUT2D eigenvalue weighted by Gasteiger charge is -2.29. The summed E-state index contributed by atoms with van der Waals surface area (Å²) in [5, 5.41) is 3.78. The first-order valence-corrected chi connectivity index (χ1v) is 9.35. The molecule has 0 radical (unpaired) electrons. The molecule has 0 aliphatic heterocycles. The van der Waals surface area contributed by atoms with E-state index in [1.165, 1.54) is 46.9 Å². The molecule has 1 aromatic heterocycles. The van der Waals surface area contributed by atoms with Gasteiger partial charge >= 0.3 is 0 Å². The van der Waals surface area contributed by atoms with E-state index in [2.05, 4.69) is 49.5 Å². The fraction of sp³-hybridized carbons (Fsp3) is 0.500. The van der Waals surface area contributed by atoms with Crippen molar-refractivity contribution in [2.24, 2.45) is 11.8 Å². The third-order valence-corrected chi connectivity index (χ3v) is 6.60. The van der Waals surface area contributed by atoms with Crippen molar-refractivity contribution in [1.82, 2.24) is 4.90 Å². The summed E-state index contributed by atoms with van der Waals surface area (Å²) in [7, 11) is 4.41. The molecule has 1 saturated carbocycles. The SMILES string of the molecule is Cc1csc2c(C3=C(CN(C)C)C[C@H]4CC[C@H]3C4)cccc12. The molecular weight excluding hydrogens is 286 g/mol. The average molecular weight is 311 g/mol. The van der Waals surface area contributed by atoms with Crippen molar-refractivity contribution >= 4 is 27.0 Å².